The lowest BCUT2D eigenvalue weighted by Crippen LogP contribution is -2.25. The maximum Gasteiger partial charge on any atom is 0.306 e. The van der Waals surface area contributed by atoms with E-state index in [1.54, 1.807) is 7.11 Å². The highest BCUT2D eigenvalue weighted by atomic mass is 16.7. The van der Waals surface area contributed by atoms with Gasteiger partial charge < -0.3 is 14.2 Å². The van der Waals surface area contributed by atoms with Crippen LogP contribution in [0.4, 0.5) is 0 Å². The Morgan fingerprint density at radius 2 is 1.91 bits per heavy atom. The Morgan fingerprint density at radius 1 is 1.18 bits per heavy atom. The third-order valence-electron chi connectivity index (χ3n) is 4.62. The summed E-state index contributed by atoms with van der Waals surface area (Å²) in [5.74, 6) is 1.32. The number of methoxy groups -OCH3 is 1. The van der Waals surface area contributed by atoms with E-state index in [4.69, 9.17) is 14.2 Å². The third kappa shape index (κ3) is 8.14. The van der Waals surface area contributed by atoms with Gasteiger partial charge in [0.15, 0.2) is 0 Å². The fourth-order valence-electron chi connectivity index (χ4n) is 3.36. The van der Waals surface area contributed by atoms with Gasteiger partial charge in [-0.1, -0.05) is 25.7 Å². The van der Waals surface area contributed by atoms with Crippen LogP contribution in [0.5, 0.6) is 0 Å². The van der Waals surface area contributed by atoms with Gasteiger partial charge in [-0.2, -0.15) is 0 Å². The monoisotopic (exact) mass is 314 g/mol. The van der Waals surface area contributed by atoms with E-state index in [2.05, 4.69) is 13.8 Å². The van der Waals surface area contributed by atoms with Crippen LogP contribution in [0.15, 0.2) is 0 Å². The lowest BCUT2D eigenvalue weighted by molar-refractivity contribution is -0.144. The van der Waals surface area contributed by atoms with Crippen molar-refractivity contribution in [2.45, 2.75) is 77.7 Å². The van der Waals surface area contributed by atoms with Crippen LogP contribution in [0.25, 0.3) is 0 Å². The molecule has 0 saturated heterocycles. The van der Waals surface area contributed by atoms with E-state index in [0.29, 0.717) is 25.7 Å². The van der Waals surface area contributed by atoms with E-state index in [1.807, 2.05) is 6.92 Å². The van der Waals surface area contributed by atoms with E-state index in [9.17, 15) is 4.79 Å². The van der Waals surface area contributed by atoms with Crippen LogP contribution < -0.4 is 0 Å². The zero-order valence-electron chi connectivity index (χ0n) is 14.9. The molecule has 0 unspecified atom stereocenters. The van der Waals surface area contributed by atoms with E-state index < -0.39 is 0 Å². The minimum atomic E-state index is -0.0991. The van der Waals surface area contributed by atoms with Gasteiger partial charge in [0.05, 0.1) is 12.2 Å². The van der Waals surface area contributed by atoms with Gasteiger partial charge in [0, 0.05) is 13.5 Å². The van der Waals surface area contributed by atoms with Crippen LogP contribution in [0.1, 0.15) is 72.1 Å². The number of unbranched alkanes of at least 4 members (excludes halogenated alkanes) is 1. The summed E-state index contributed by atoms with van der Waals surface area (Å²) in [4.78, 5) is 11.5. The van der Waals surface area contributed by atoms with Crippen LogP contribution in [0, 0.1) is 11.8 Å². The molecule has 0 spiro atoms. The summed E-state index contributed by atoms with van der Waals surface area (Å²) in [7, 11) is 1.66. The highest BCUT2D eigenvalue weighted by Gasteiger charge is 2.26. The van der Waals surface area contributed by atoms with Crippen LogP contribution in [0.2, 0.25) is 0 Å². The highest BCUT2D eigenvalue weighted by molar-refractivity contribution is 5.69. The average molecular weight is 314 g/mol. The first-order valence-electron chi connectivity index (χ1n) is 8.75. The Balaban J connectivity index is 2.10. The number of rotatable bonds is 11. The Morgan fingerprint density at radius 3 is 2.59 bits per heavy atom. The van der Waals surface area contributed by atoms with Crippen molar-refractivity contribution in [1.29, 1.82) is 0 Å². The number of carbonyl (C=O) groups excluding carboxylic acids is 1. The minimum Gasteiger partial charge on any atom is -0.466 e. The third-order valence-corrected chi connectivity index (χ3v) is 4.62. The molecule has 1 rings (SSSR count). The lowest BCUT2D eigenvalue weighted by atomic mass is 9.94. The molecule has 1 aliphatic rings. The zero-order valence-corrected chi connectivity index (χ0v) is 14.9. The molecule has 4 nitrogen and oxygen atoms in total. The topological polar surface area (TPSA) is 44.8 Å². The number of carbonyl (C=O) groups is 1. The molecule has 2 atom stereocenters. The molecule has 0 aromatic rings. The largest absolute Gasteiger partial charge is 0.466 e. The summed E-state index contributed by atoms with van der Waals surface area (Å²) < 4.78 is 15.7. The fourth-order valence-corrected chi connectivity index (χ4v) is 3.36. The summed E-state index contributed by atoms with van der Waals surface area (Å²) >= 11 is 0. The lowest BCUT2D eigenvalue weighted by Gasteiger charge is -2.25. The average Bonchev–Trinajstić information content (AvgIpc) is 2.89. The Hall–Kier alpha value is -0.610. The Kier molecular flexibility index (Phi) is 9.03. The molecular weight excluding hydrogens is 280 g/mol. The van der Waals surface area contributed by atoms with Gasteiger partial charge in [-0.15, -0.1) is 0 Å². The second-order valence-corrected chi connectivity index (χ2v) is 7.11. The summed E-state index contributed by atoms with van der Waals surface area (Å²) in [6, 6.07) is 0. The molecule has 4 heteroatoms. The molecule has 22 heavy (non-hydrogen) atoms. The summed E-state index contributed by atoms with van der Waals surface area (Å²) in [6.45, 7) is 6.97. The van der Waals surface area contributed by atoms with E-state index >= 15 is 0 Å². The van der Waals surface area contributed by atoms with Gasteiger partial charge in [-0.3, -0.25) is 4.79 Å². The molecule has 0 aromatic heterocycles. The van der Waals surface area contributed by atoms with Crippen LogP contribution >= 0.6 is 0 Å². The number of hydrogen-bond donors (Lipinski definition) is 0. The van der Waals surface area contributed by atoms with E-state index in [0.717, 1.165) is 12.3 Å². The normalized spacial score (nSPS) is 22.0. The Bertz CT molecular complexity index is 314. The first-order chi connectivity index (χ1) is 10.5. The molecule has 0 aromatic carbocycles. The summed E-state index contributed by atoms with van der Waals surface area (Å²) in [6.07, 6.45) is 9.05. The first-order valence-corrected chi connectivity index (χ1v) is 8.75. The number of hydrogen-bond acceptors (Lipinski definition) is 4. The maximum absolute atomic E-state index is 11.5. The molecule has 0 bridgehead atoms. The van der Waals surface area contributed by atoms with Gasteiger partial charge in [0.1, 0.15) is 6.79 Å². The molecular formula is C18H34O4. The molecule has 0 radical (unpaired) electrons. The molecule has 130 valence electrons. The molecule has 1 saturated carbocycles. The van der Waals surface area contributed by atoms with Gasteiger partial charge in [0.25, 0.3) is 0 Å². The van der Waals surface area contributed by atoms with Crippen molar-refractivity contribution in [2.24, 2.45) is 11.8 Å². The predicted octanol–water partition coefficient (Wildman–Crippen LogP) is 4.32. The summed E-state index contributed by atoms with van der Waals surface area (Å²) in [5.41, 5.74) is -0.0991. The molecule has 0 amide bonds. The quantitative estimate of drug-likeness (QED) is 0.324. The minimum absolute atomic E-state index is 0.0230. The van der Waals surface area contributed by atoms with E-state index in [1.165, 1.54) is 38.5 Å². The predicted molar refractivity (Wildman–Crippen MR) is 87.6 cm³/mol. The maximum atomic E-state index is 11.5. The second-order valence-electron chi connectivity index (χ2n) is 7.11. The van der Waals surface area contributed by atoms with Crippen molar-refractivity contribution in [3.63, 3.8) is 0 Å². The molecule has 1 fully saturated rings. The summed E-state index contributed by atoms with van der Waals surface area (Å²) in [5, 5.41) is 0. The van der Waals surface area contributed by atoms with Crippen molar-refractivity contribution in [2.75, 3.05) is 20.5 Å². The van der Waals surface area contributed by atoms with Gasteiger partial charge >= 0.3 is 5.97 Å². The van der Waals surface area contributed by atoms with Gasteiger partial charge in [-0.25, -0.2) is 0 Å². The van der Waals surface area contributed by atoms with Gasteiger partial charge in [-0.05, 0) is 51.9 Å². The van der Waals surface area contributed by atoms with Crippen LogP contribution in [-0.4, -0.2) is 32.1 Å². The SMILES string of the molecule is CCOC(=O)C[C@@H]1CC[C@H](CCCCC(C)(C)OCOC)C1. The van der Waals surface area contributed by atoms with Crippen molar-refractivity contribution in [3.8, 4) is 0 Å². The highest BCUT2D eigenvalue weighted by Crippen LogP contribution is 2.36. The molecule has 0 heterocycles. The molecule has 0 N–H and O–H groups in total. The molecule has 0 aliphatic heterocycles. The Labute approximate surface area is 135 Å². The fraction of sp³-hybridized carbons (Fsp3) is 0.944. The van der Waals surface area contributed by atoms with Crippen LogP contribution in [-0.2, 0) is 19.0 Å². The second kappa shape index (κ2) is 10.2. The number of ether oxygens (including phenoxy) is 3. The smallest absolute Gasteiger partial charge is 0.306 e. The zero-order chi connectivity index (χ0) is 16.4. The van der Waals surface area contributed by atoms with E-state index in [-0.39, 0.29) is 11.6 Å². The molecule has 1 aliphatic carbocycles. The van der Waals surface area contributed by atoms with Crippen LogP contribution in [0.3, 0.4) is 0 Å². The standard InChI is InChI=1S/C18H34O4/c1-5-21-17(19)13-16-10-9-15(12-16)8-6-7-11-18(2,3)22-14-20-4/h15-16H,5-14H2,1-4H3/t15-,16+/m0/s1. The number of esters is 1. The van der Waals surface area contributed by atoms with Crippen molar-refractivity contribution >= 4 is 5.97 Å². The van der Waals surface area contributed by atoms with Crippen molar-refractivity contribution < 1.29 is 19.0 Å². The van der Waals surface area contributed by atoms with Crippen molar-refractivity contribution in [3.05, 3.63) is 0 Å². The van der Waals surface area contributed by atoms with Crippen molar-refractivity contribution in [1.82, 2.24) is 0 Å². The first kappa shape index (κ1) is 19.4. The van der Waals surface area contributed by atoms with Gasteiger partial charge in [0.2, 0.25) is 0 Å².